The maximum absolute atomic E-state index is 13.7. The highest BCUT2D eigenvalue weighted by Gasteiger charge is 2.25. The number of aryl methyl sites for hydroxylation is 1. The molecule has 1 aromatic heterocycles. The number of nitrogens with one attached hydrogen (secondary N) is 2. The SMILES string of the molecule is Fc1ccc(C(c2ccc(F)c(Cl)c2)c2nc3c([nH]2)CCCNS3)cc1Cl. The van der Waals surface area contributed by atoms with Crippen molar-refractivity contribution in [3.8, 4) is 0 Å². The lowest BCUT2D eigenvalue weighted by Gasteiger charge is -2.17. The Kier molecular flexibility index (Phi) is 5.41. The van der Waals surface area contributed by atoms with Gasteiger partial charge in [0, 0.05) is 6.54 Å². The fraction of sp³-hybridized carbons (Fsp3) is 0.211. The minimum Gasteiger partial charge on any atom is -0.344 e. The highest BCUT2D eigenvalue weighted by Crippen LogP contribution is 2.36. The standard InChI is InChI=1S/C19H15Cl2F2N3S/c20-12-8-10(3-5-14(12)22)17(11-4-6-15(23)13(21)9-11)18-25-16-2-1-7-24-27-19(16)26-18/h3-6,8-9,17,24H,1-2,7H2,(H,25,26). The summed E-state index contributed by atoms with van der Waals surface area (Å²) in [5.74, 6) is -0.687. The molecule has 1 aliphatic rings. The third-order valence-electron chi connectivity index (χ3n) is 4.46. The van der Waals surface area contributed by atoms with E-state index >= 15 is 0 Å². The van der Waals surface area contributed by atoms with Crippen LogP contribution in [-0.2, 0) is 6.42 Å². The van der Waals surface area contributed by atoms with E-state index in [1.165, 1.54) is 24.1 Å². The molecule has 0 amide bonds. The van der Waals surface area contributed by atoms with Gasteiger partial charge >= 0.3 is 0 Å². The van der Waals surface area contributed by atoms with Gasteiger partial charge in [-0.1, -0.05) is 35.3 Å². The Balaban J connectivity index is 1.85. The molecule has 3 nitrogen and oxygen atoms in total. The lowest BCUT2D eigenvalue weighted by Crippen LogP contribution is -2.08. The van der Waals surface area contributed by atoms with E-state index in [4.69, 9.17) is 28.2 Å². The zero-order valence-corrected chi connectivity index (χ0v) is 16.4. The van der Waals surface area contributed by atoms with Crippen molar-refractivity contribution in [3.05, 3.63) is 80.7 Å². The van der Waals surface area contributed by atoms with E-state index in [1.807, 2.05) is 0 Å². The van der Waals surface area contributed by atoms with Crippen molar-refractivity contribution in [2.75, 3.05) is 6.54 Å². The number of aromatic nitrogens is 2. The number of nitrogens with zero attached hydrogens (tertiary/aromatic N) is 1. The number of benzene rings is 2. The molecule has 0 atom stereocenters. The minimum atomic E-state index is -0.494. The van der Waals surface area contributed by atoms with Gasteiger partial charge in [-0.15, -0.1) is 0 Å². The van der Waals surface area contributed by atoms with E-state index in [2.05, 4.69) is 9.71 Å². The molecule has 8 heteroatoms. The van der Waals surface area contributed by atoms with Crippen LogP contribution in [0.1, 0.15) is 35.0 Å². The second-order valence-electron chi connectivity index (χ2n) is 6.29. The predicted molar refractivity (Wildman–Crippen MR) is 105 cm³/mol. The van der Waals surface area contributed by atoms with Gasteiger partial charge in [-0.2, -0.15) is 0 Å². The number of fused-ring (bicyclic) bond motifs is 1. The van der Waals surface area contributed by atoms with Gasteiger partial charge in [0.2, 0.25) is 0 Å². The van der Waals surface area contributed by atoms with Crippen LogP contribution in [0.4, 0.5) is 8.78 Å². The van der Waals surface area contributed by atoms with Crippen LogP contribution in [-0.4, -0.2) is 16.5 Å². The zero-order chi connectivity index (χ0) is 19.0. The Hall–Kier alpha value is -1.60. The van der Waals surface area contributed by atoms with Crippen LogP contribution in [0.2, 0.25) is 10.0 Å². The van der Waals surface area contributed by atoms with Gasteiger partial charge in [-0.05, 0) is 60.2 Å². The second kappa shape index (κ2) is 7.80. The average molecular weight is 426 g/mol. The van der Waals surface area contributed by atoms with Gasteiger partial charge in [-0.25, -0.2) is 13.8 Å². The molecule has 0 aliphatic carbocycles. The smallest absolute Gasteiger partial charge is 0.141 e. The largest absolute Gasteiger partial charge is 0.344 e. The second-order valence-corrected chi connectivity index (χ2v) is 7.98. The summed E-state index contributed by atoms with van der Waals surface area (Å²) in [7, 11) is 0. The van der Waals surface area contributed by atoms with E-state index < -0.39 is 11.6 Å². The molecule has 2 aromatic carbocycles. The summed E-state index contributed by atoms with van der Waals surface area (Å²) in [5.41, 5.74) is 2.53. The Bertz CT molecular complexity index is 918. The molecule has 0 fully saturated rings. The fourth-order valence-electron chi connectivity index (χ4n) is 3.15. The Morgan fingerprint density at radius 3 is 2.22 bits per heavy atom. The monoisotopic (exact) mass is 425 g/mol. The molecule has 4 rings (SSSR count). The van der Waals surface area contributed by atoms with E-state index in [1.54, 1.807) is 24.3 Å². The first-order valence-electron chi connectivity index (χ1n) is 8.41. The first-order valence-corrected chi connectivity index (χ1v) is 9.98. The summed E-state index contributed by atoms with van der Waals surface area (Å²) in [6.07, 6.45) is 1.88. The zero-order valence-electron chi connectivity index (χ0n) is 14.0. The van der Waals surface area contributed by atoms with Crippen molar-refractivity contribution < 1.29 is 8.78 Å². The molecular formula is C19H15Cl2F2N3S. The van der Waals surface area contributed by atoms with Gasteiger partial charge in [0.1, 0.15) is 22.5 Å². The van der Waals surface area contributed by atoms with E-state index in [9.17, 15) is 8.78 Å². The van der Waals surface area contributed by atoms with Crippen molar-refractivity contribution in [2.24, 2.45) is 0 Å². The topological polar surface area (TPSA) is 40.7 Å². The highest BCUT2D eigenvalue weighted by molar-refractivity contribution is 7.97. The van der Waals surface area contributed by atoms with E-state index in [-0.39, 0.29) is 16.0 Å². The van der Waals surface area contributed by atoms with Gasteiger partial charge in [0.05, 0.1) is 21.7 Å². The predicted octanol–water partition coefficient (Wildman–Crippen LogP) is 5.72. The molecule has 27 heavy (non-hydrogen) atoms. The summed E-state index contributed by atoms with van der Waals surface area (Å²) in [5, 5.41) is 0.929. The summed E-state index contributed by atoms with van der Waals surface area (Å²) >= 11 is 13.5. The van der Waals surface area contributed by atoms with Crippen LogP contribution in [0.3, 0.4) is 0 Å². The molecule has 2 N–H and O–H groups in total. The van der Waals surface area contributed by atoms with Crippen molar-refractivity contribution in [1.29, 1.82) is 0 Å². The maximum Gasteiger partial charge on any atom is 0.141 e. The number of halogens is 4. The third kappa shape index (κ3) is 3.85. The summed E-state index contributed by atoms with van der Waals surface area (Å²) < 4.78 is 30.6. The van der Waals surface area contributed by atoms with Crippen LogP contribution >= 0.6 is 35.1 Å². The molecule has 2 heterocycles. The molecule has 0 saturated carbocycles. The number of hydrogen-bond acceptors (Lipinski definition) is 3. The number of H-pyrrole nitrogens is 1. The van der Waals surface area contributed by atoms with Gasteiger partial charge < -0.3 is 4.98 Å². The lowest BCUT2D eigenvalue weighted by molar-refractivity contribution is 0.626. The summed E-state index contributed by atoms with van der Waals surface area (Å²) in [4.78, 5) is 8.13. The molecule has 1 aliphatic heterocycles. The molecule has 3 aromatic rings. The van der Waals surface area contributed by atoms with Gasteiger partial charge in [0.25, 0.3) is 0 Å². The Labute approximate surface area is 169 Å². The van der Waals surface area contributed by atoms with Crippen molar-refractivity contribution in [1.82, 2.24) is 14.7 Å². The van der Waals surface area contributed by atoms with Crippen LogP contribution in [0.15, 0.2) is 41.4 Å². The molecule has 0 unspecified atom stereocenters. The van der Waals surface area contributed by atoms with Crippen molar-refractivity contribution in [3.63, 3.8) is 0 Å². The number of rotatable bonds is 3. The number of imidazole rings is 1. The molecule has 0 bridgehead atoms. The lowest BCUT2D eigenvalue weighted by atomic mass is 9.90. The molecular weight excluding hydrogens is 411 g/mol. The number of aromatic amines is 1. The maximum atomic E-state index is 13.7. The fourth-order valence-corrected chi connectivity index (χ4v) is 4.33. The van der Waals surface area contributed by atoms with E-state index in [0.29, 0.717) is 5.82 Å². The summed E-state index contributed by atoms with van der Waals surface area (Å²) in [6.45, 7) is 0.911. The normalized spacial score (nSPS) is 14.3. The molecule has 140 valence electrons. The van der Waals surface area contributed by atoms with Gasteiger partial charge in [-0.3, -0.25) is 4.72 Å². The van der Waals surface area contributed by atoms with Crippen LogP contribution < -0.4 is 4.72 Å². The van der Waals surface area contributed by atoms with Crippen LogP contribution in [0.25, 0.3) is 0 Å². The Morgan fingerprint density at radius 1 is 1.00 bits per heavy atom. The minimum absolute atomic E-state index is 0.0230. The van der Waals surface area contributed by atoms with Gasteiger partial charge in [0.15, 0.2) is 0 Å². The molecule has 0 radical (unpaired) electrons. The van der Waals surface area contributed by atoms with Crippen LogP contribution in [0, 0.1) is 11.6 Å². The first-order chi connectivity index (χ1) is 13.0. The van der Waals surface area contributed by atoms with Crippen molar-refractivity contribution in [2.45, 2.75) is 23.8 Å². The quantitative estimate of drug-likeness (QED) is 0.527. The Morgan fingerprint density at radius 2 is 1.63 bits per heavy atom. The first kappa shape index (κ1) is 18.7. The van der Waals surface area contributed by atoms with E-state index in [0.717, 1.165) is 41.2 Å². The molecule has 0 spiro atoms. The number of hydrogen-bond donors (Lipinski definition) is 2. The van der Waals surface area contributed by atoms with Crippen LogP contribution in [0.5, 0.6) is 0 Å². The molecule has 0 saturated heterocycles. The highest BCUT2D eigenvalue weighted by atomic mass is 35.5. The average Bonchev–Trinajstić information content (AvgIpc) is 2.91. The third-order valence-corrected chi connectivity index (χ3v) is 5.92. The summed E-state index contributed by atoms with van der Waals surface area (Å²) in [6, 6.07) is 9.08. The van der Waals surface area contributed by atoms with Crippen molar-refractivity contribution >= 4 is 35.1 Å².